The van der Waals surface area contributed by atoms with Gasteiger partial charge in [-0.15, -0.1) is 0 Å². The Hall–Kier alpha value is -2.31. The zero-order valence-corrected chi connectivity index (χ0v) is 17.0. The number of pyridine rings is 1. The summed E-state index contributed by atoms with van der Waals surface area (Å²) in [6, 6.07) is 3.98. The fraction of sp³-hybridized carbons (Fsp3) is 0.667. The van der Waals surface area contributed by atoms with Gasteiger partial charge in [0.15, 0.2) is 5.96 Å². The number of aliphatic imine (C=N–C) groups is 1. The Kier molecular flexibility index (Phi) is 7.51. The number of likely N-dealkylation sites (tertiary alicyclic amines) is 1. The van der Waals surface area contributed by atoms with Crippen LogP contribution >= 0.6 is 0 Å². The van der Waals surface area contributed by atoms with E-state index in [-0.39, 0.29) is 18.0 Å². The summed E-state index contributed by atoms with van der Waals surface area (Å²) in [6.07, 6.45) is 8.35. The molecule has 0 aromatic carbocycles. The number of carbonyl (C=O) groups is 1. The lowest BCUT2D eigenvalue weighted by Gasteiger charge is -2.33. The molecule has 1 aliphatic carbocycles. The van der Waals surface area contributed by atoms with Crippen LogP contribution in [0.15, 0.2) is 23.3 Å². The number of piperidine rings is 1. The molecule has 0 unspecified atom stereocenters. The van der Waals surface area contributed by atoms with Crippen molar-refractivity contribution in [3.63, 3.8) is 0 Å². The third-order valence-corrected chi connectivity index (χ3v) is 5.49. The topological polar surface area (TPSA) is 76.0 Å². The van der Waals surface area contributed by atoms with Crippen LogP contribution in [0.5, 0.6) is 5.88 Å². The summed E-state index contributed by atoms with van der Waals surface area (Å²) in [5, 5.41) is 3.43. The summed E-state index contributed by atoms with van der Waals surface area (Å²) >= 11 is 0. The molecule has 0 amide bonds. The molecule has 2 fully saturated rings. The van der Waals surface area contributed by atoms with Crippen molar-refractivity contribution in [1.29, 1.82) is 0 Å². The molecule has 2 aliphatic rings. The Morgan fingerprint density at radius 1 is 1.29 bits per heavy atom. The second-order valence-corrected chi connectivity index (χ2v) is 7.41. The predicted octanol–water partition coefficient (Wildman–Crippen LogP) is 2.75. The van der Waals surface area contributed by atoms with Gasteiger partial charge in [0.25, 0.3) is 0 Å². The molecule has 0 radical (unpaired) electrons. The van der Waals surface area contributed by atoms with Gasteiger partial charge >= 0.3 is 5.97 Å². The van der Waals surface area contributed by atoms with E-state index in [1.165, 1.54) is 12.8 Å². The lowest BCUT2D eigenvalue weighted by Crippen LogP contribution is -2.46. The lowest BCUT2D eigenvalue weighted by atomic mass is 9.97. The van der Waals surface area contributed by atoms with Crippen LogP contribution in [0, 0.1) is 5.92 Å². The van der Waals surface area contributed by atoms with E-state index in [0.717, 1.165) is 56.2 Å². The first-order valence-electron chi connectivity index (χ1n) is 10.4. The van der Waals surface area contributed by atoms with Gasteiger partial charge in [-0.3, -0.25) is 9.79 Å². The average molecular weight is 389 g/mol. The second-order valence-electron chi connectivity index (χ2n) is 7.41. The Bertz CT molecular complexity index is 665. The van der Waals surface area contributed by atoms with Gasteiger partial charge in [0.05, 0.1) is 12.5 Å². The zero-order valence-electron chi connectivity index (χ0n) is 17.0. The smallest absolute Gasteiger partial charge is 0.309 e. The largest absolute Gasteiger partial charge is 0.474 e. The van der Waals surface area contributed by atoms with Crippen molar-refractivity contribution in [2.45, 2.75) is 58.1 Å². The summed E-state index contributed by atoms with van der Waals surface area (Å²) < 4.78 is 11.3. The number of rotatable bonds is 6. The van der Waals surface area contributed by atoms with E-state index in [2.05, 4.69) is 20.2 Å². The summed E-state index contributed by atoms with van der Waals surface area (Å²) in [6.45, 7) is 4.49. The highest BCUT2D eigenvalue weighted by Crippen LogP contribution is 2.25. The molecule has 1 N–H and O–H groups in total. The Balaban J connectivity index is 1.53. The van der Waals surface area contributed by atoms with Gasteiger partial charge in [-0.25, -0.2) is 4.98 Å². The molecule has 1 aromatic rings. The third kappa shape index (κ3) is 5.36. The van der Waals surface area contributed by atoms with Crippen LogP contribution in [-0.4, -0.2) is 54.7 Å². The number of carbonyl (C=O) groups excluding carboxylic acids is 1. The molecular weight excluding hydrogens is 356 g/mol. The fourth-order valence-electron chi connectivity index (χ4n) is 3.92. The minimum atomic E-state index is -0.0749. The van der Waals surface area contributed by atoms with Gasteiger partial charge in [0, 0.05) is 38.4 Å². The molecule has 0 atom stereocenters. The van der Waals surface area contributed by atoms with Crippen LogP contribution < -0.4 is 10.1 Å². The predicted molar refractivity (Wildman–Crippen MR) is 108 cm³/mol. The number of hydrogen-bond donors (Lipinski definition) is 1. The Morgan fingerprint density at radius 3 is 2.71 bits per heavy atom. The fourth-order valence-corrected chi connectivity index (χ4v) is 3.92. The van der Waals surface area contributed by atoms with E-state index in [0.29, 0.717) is 13.2 Å². The monoisotopic (exact) mass is 388 g/mol. The van der Waals surface area contributed by atoms with E-state index in [9.17, 15) is 4.79 Å². The third-order valence-electron chi connectivity index (χ3n) is 5.49. The number of guanidine groups is 1. The van der Waals surface area contributed by atoms with Crippen molar-refractivity contribution >= 4 is 11.9 Å². The maximum absolute atomic E-state index is 11.9. The number of esters is 1. The van der Waals surface area contributed by atoms with Crippen molar-refractivity contribution in [2.24, 2.45) is 10.9 Å². The molecule has 1 saturated carbocycles. The molecule has 3 rings (SSSR count). The highest BCUT2D eigenvalue weighted by molar-refractivity contribution is 5.80. The molecule has 1 saturated heterocycles. The summed E-state index contributed by atoms with van der Waals surface area (Å²) in [7, 11) is 1.79. The maximum Gasteiger partial charge on any atom is 0.309 e. The second kappa shape index (κ2) is 10.3. The molecule has 7 heteroatoms. The first kappa shape index (κ1) is 20.4. The van der Waals surface area contributed by atoms with Crippen LogP contribution in [-0.2, 0) is 16.1 Å². The minimum absolute atomic E-state index is 0.000885. The van der Waals surface area contributed by atoms with E-state index in [4.69, 9.17) is 9.47 Å². The number of nitrogens with zero attached hydrogens (tertiary/aromatic N) is 3. The van der Waals surface area contributed by atoms with Gasteiger partial charge in [-0.1, -0.05) is 6.07 Å². The zero-order chi connectivity index (χ0) is 19.8. The van der Waals surface area contributed by atoms with Crippen molar-refractivity contribution in [2.75, 3.05) is 26.7 Å². The molecular formula is C21H32N4O3. The summed E-state index contributed by atoms with van der Waals surface area (Å²) in [5.41, 5.74) is 1.04. The molecule has 2 heterocycles. The van der Waals surface area contributed by atoms with Crippen molar-refractivity contribution in [3.05, 3.63) is 23.9 Å². The molecule has 154 valence electrons. The summed E-state index contributed by atoms with van der Waals surface area (Å²) in [4.78, 5) is 23.0. The SMILES string of the molecule is CCOC(=O)C1CCN(C(=NC)NCc2cccnc2OC2CCCC2)CC1. The van der Waals surface area contributed by atoms with E-state index in [1.807, 2.05) is 19.1 Å². The number of hydrogen-bond acceptors (Lipinski definition) is 5. The number of nitrogens with one attached hydrogen (secondary N) is 1. The Morgan fingerprint density at radius 2 is 2.04 bits per heavy atom. The quantitative estimate of drug-likeness (QED) is 0.459. The number of ether oxygens (including phenoxy) is 2. The average Bonchev–Trinajstić information content (AvgIpc) is 3.23. The number of aromatic nitrogens is 1. The van der Waals surface area contributed by atoms with Crippen molar-refractivity contribution < 1.29 is 14.3 Å². The van der Waals surface area contributed by atoms with Crippen LogP contribution in [0.25, 0.3) is 0 Å². The van der Waals surface area contributed by atoms with Gasteiger partial charge in [0.2, 0.25) is 5.88 Å². The van der Waals surface area contributed by atoms with Gasteiger partial charge in [0.1, 0.15) is 6.10 Å². The molecule has 7 nitrogen and oxygen atoms in total. The first-order valence-corrected chi connectivity index (χ1v) is 10.4. The van der Waals surface area contributed by atoms with Crippen molar-refractivity contribution in [1.82, 2.24) is 15.2 Å². The first-order chi connectivity index (χ1) is 13.7. The highest BCUT2D eigenvalue weighted by Gasteiger charge is 2.27. The van der Waals surface area contributed by atoms with E-state index >= 15 is 0 Å². The van der Waals surface area contributed by atoms with E-state index < -0.39 is 0 Å². The highest BCUT2D eigenvalue weighted by atomic mass is 16.5. The van der Waals surface area contributed by atoms with Gasteiger partial charge in [-0.05, 0) is 51.5 Å². The molecule has 1 aliphatic heterocycles. The maximum atomic E-state index is 11.9. The minimum Gasteiger partial charge on any atom is -0.474 e. The van der Waals surface area contributed by atoms with E-state index in [1.54, 1.807) is 13.2 Å². The van der Waals surface area contributed by atoms with Crippen LogP contribution in [0.4, 0.5) is 0 Å². The molecule has 28 heavy (non-hydrogen) atoms. The normalized spacial score (nSPS) is 18.9. The van der Waals surface area contributed by atoms with Crippen LogP contribution in [0.1, 0.15) is 51.0 Å². The van der Waals surface area contributed by atoms with Gasteiger partial charge in [-0.2, -0.15) is 0 Å². The molecule has 0 spiro atoms. The molecule has 0 bridgehead atoms. The van der Waals surface area contributed by atoms with Crippen molar-refractivity contribution in [3.8, 4) is 5.88 Å². The van der Waals surface area contributed by atoms with Gasteiger partial charge < -0.3 is 19.7 Å². The lowest BCUT2D eigenvalue weighted by molar-refractivity contribution is -0.149. The van der Waals surface area contributed by atoms with Crippen LogP contribution in [0.3, 0.4) is 0 Å². The van der Waals surface area contributed by atoms with Crippen LogP contribution in [0.2, 0.25) is 0 Å². The molecule has 1 aromatic heterocycles. The standard InChI is InChI=1S/C21H32N4O3/c1-3-27-20(26)16-10-13-25(14-11-16)21(22-2)24-15-17-7-6-12-23-19(17)28-18-8-4-5-9-18/h6-7,12,16,18H,3-5,8-11,13-15H2,1-2H3,(H,22,24). The Labute approximate surface area is 167 Å². The summed E-state index contributed by atoms with van der Waals surface area (Å²) in [5.74, 6) is 1.49.